The van der Waals surface area contributed by atoms with Crippen molar-refractivity contribution >= 4 is 24.1 Å². The first kappa shape index (κ1) is 10.9. The van der Waals surface area contributed by atoms with Crippen molar-refractivity contribution in [3.8, 4) is 11.3 Å². The van der Waals surface area contributed by atoms with E-state index in [4.69, 9.17) is 0 Å². The van der Waals surface area contributed by atoms with E-state index in [0.717, 1.165) is 22.2 Å². The average Bonchev–Trinajstić information content (AvgIpc) is 2.93. The van der Waals surface area contributed by atoms with Gasteiger partial charge in [0.25, 0.3) is 0 Å². The average molecular weight is 258 g/mol. The minimum atomic E-state index is -0.279. The Kier molecular flexibility index (Phi) is 2.21. The van der Waals surface area contributed by atoms with E-state index in [-0.39, 0.29) is 18.0 Å². The van der Waals surface area contributed by atoms with Crippen molar-refractivity contribution in [3.63, 3.8) is 0 Å². The molecule has 4 rings (SSSR count). The van der Waals surface area contributed by atoms with Gasteiger partial charge in [-0.25, -0.2) is 9.97 Å². The Balaban J connectivity index is 0.000001000. The zero-order valence-corrected chi connectivity index (χ0v) is 10.0. The van der Waals surface area contributed by atoms with E-state index in [1.165, 1.54) is 0 Å². The van der Waals surface area contributed by atoms with Gasteiger partial charge in [-0.15, -0.1) is 12.4 Å². The Morgan fingerprint density at radius 1 is 1.17 bits per heavy atom. The van der Waals surface area contributed by atoms with Crippen LogP contribution in [0.25, 0.3) is 23.0 Å². The molecule has 0 bridgehead atoms. The summed E-state index contributed by atoms with van der Waals surface area (Å²) in [4.78, 5) is 20.0. The van der Waals surface area contributed by atoms with Gasteiger partial charge in [-0.3, -0.25) is 9.20 Å². The number of hydrogen-bond acceptors (Lipinski definition) is 3. The Morgan fingerprint density at radius 3 is 2.89 bits per heavy atom. The molecule has 0 unspecified atom stereocenters. The second kappa shape index (κ2) is 3.65. The fourth-order valence-corrected chi connectivity index (χ4v) is 2.30. The van der Waals surface area contributed by atoms with Gasteiger partial charge in [0.15, 0.2) is 0 Å². The van der Waals surface area contributed by atoms with Crippen LogP contribution in [0.4, 0.5) is 0 Å². The maximum absolute atomic E-state index is 11.8. The van der Waals surface area contributed by atoms with Crippen molar-refractivity contribution in [2.75, 3.05) is 0 Å². The van der Waals surface area contributed by atoms with Crippen molar-refractivity contribution in [2.45, 2.75) is 0 Å². The van der Waals surface area contributed by atoms with Crippen LogP contribution in [-0.2, 0) is 0 Å². The molecule has 1 aliphatic carbocycles. The van der Waals surface area contributed by atoms with Crippen molar-refractivity contribution in [1.82, 2.24) is 14.4 Å². The highest BCUT2D eigenvalue weighted by molar-refractivity contribution is 5.85. The monoisotopic (exact) mass is 257 g/mol. The van der Waals surface area contributed by atoms with Crippen molar-refractivity contribution < 1.29 is 0 Å². The summed E-state index contributed by atoms with van der Waals surface area (Å²) < 4.78 is 1.80. The second-order valence-electron chi connectivity index (χ2n) is 4.00. The normalized spacial score (nSPS) is 11.6. The lowest BCUT2D eigenvalue weighted by molar-refractivity contribution is 1.06. The van der Waals surface area contributed by atoms with Crippen LogP contribution >= 0.6 is 12.4 Å². The summed E-state index contributed by atoms with van der Waals surface area (Å²) >= 11 is 0. The summed E-state index contributed by atoms with van der Waals surface area (Å²) in [7, 11) is 0. The number of halogens is 1. The molecule has 0 saturated heterocycles. The zero-order valence-electron chi connectivity index (χ0n) is 9.20. The van der Waals surface area contributed by atoms with Gasteiger partial charge in [-0.1, -0.05) is 24.3 Å². The molecule has 5 heteroatoms. The zero-order chi connectivity index (χ0) is 11.4. The first-order valence-electron chi connectivity index (χ1n) is 5.33. The lowest BCUT2D eigenvalue weighted by Gasteiger charge is -1.99. The van der Waals surface area contributed by atoms with Gasteiger partial charge < -0.3 is 0 Å². The number of fused-ring (bicyclic) bond motifs is 5. The van der Waals surface area contributed by atoms with E-state index >= 15 is 0 Å². The van der Waals surface area contributed by atoms with Gasteiger partial charge in [0.1, 0.15) is 0 Å². The van der Waals surface area contributed by atoms with E-state index in [1.807, 2.05) is 30.3 Å². The Labute approximate surface area is 108 Å². The Bertz CT molecular complexity index is 870. The van der Waals surface area contributed by atoms with Crippen LogP contribution in [0.15, 0.2) is 41.5 Å². The molecule has 0 atom stereocenters. The summed E-state index contributed by atoms with van der Waals surface area (Å²) in [6.07, 6.45) is 5.45. The van der Waals surface area contributed by atoms with Gasteiger partial charge in [0, 0.05) is 18.0 Å². The second-order valence-corrected chi connectivity index (χ2v) is 4.00. The SMILES string of the molecule is Cl.O=c1nc2c(n3ccnc13)=Cc1ccccc1-2. The van der Waals surface area contributed by atoms with E-state index in [2.05, 4.69) is 9.97 Å². The lowest BCUT2D eigenvalue weighted by Crippen LogP contribution is -2.23. The van der Waals surface area contributed by atoms with Crippen LogP contribution in [-0.4, -0.2) is 14.4 Å². The number of hydrogen-bond donors (Lipinski definition) is 0. The molecule has 2 heterocycles. The van der Waals surface area contributed by atoms with E-state index in [0.29, 0.717) is 5.65 Å². The van der Waals surface area contributed by atoms with Gasteiger partial charge >= 0.3 is 5.56 Å². The fraction of sp³-hybridized carbons (Fsp3) is 0. The Morgan fingerprint density at radius 2 is 2.00 bits per heavy atom. The minimum Gasteiger partial charge on any atom is -0.293 e. The molecular weight excluding hydrogens is 250 g/mol. The lowest BCUT2D eigenvalue weighted by atomic mass is 10.1. The van der Waals surface area contributed by atoms with Crippen molar-refractivity contribution in [3.05, 3.63) is 57.9 Å². The molecule has 2 aromatic heterocycles. The number of nitrogens with zero attached hydrogens (tertiary/aromatic N) is 3. The summed E-state index contributed by atoms with van der Waals surface area (Å²) in [5.74, 6) is 0. The fourth-order valence-electron chi connectivity index (χ4n) is 2.30. The summed E-state index contributed by atoms with van der Waals surface area (Å²) in [6, 6.07) is 7.92. The highest BCUT2D eigenvalue weighted by atomic mass is 35.5. The smallest absolute Gasteiger partial charge is 0.293 e. The van der Waals surface area contributed by atoms with E-state index in [9.17, 15) is 4.79 Å². The Hall–Kier alpha value is -2.20. The van der Waals surface area contributed by atoms with Gasteiger partial charge in [0.05, 0.1) is 11.0 Å². The molecular formula is C13H8ClN3O. The number of imidazole rings is 1. The molecule has 1 aliphatic rings. The molecule has 0 fully saturated rings. The van der Waals surface area contributed by atoms with E-state index < -0.39 is 0 Å². The van der Waals surface area contributed by atoms with Gasteiger partial charge in [-0.05, 0) is 11.6 Å². The van der Waals surface area contributed by atoms with Crippen molar-refractivity contribution in [1.29, 1.82) is 0 Å². The summed E-state index contributed by atoms with van der Waals surface area (Å²) in [6.45, 7) is 0. The van der Waals surface area contributed by atoms with Crippen LogP contribution in [0.2, 0.25) is 0 Å². The number of aromatic nitrogens is 3. The molecule has 3 aromatic rings. The minimum absolute atomic E-state index is 0. The third-order valence-electron chi connectivity index (χ3n) is 3.06. The number of benzene rings is 1. The molecule has 1 aromatic carbocycles. The molecule has 0 saturated carbocycles. The molecule has 18 heavy (non-hydrogen) atoms. The molecule has 0 N–H and O–H groups in total. The summed E-state index contributed by atoms with van der Waals surface area (Å²) in [5, 5.41) is 0.929. The molecule has 0 radical (unpaired) electrons. The molecule has 4 nitrogen and oxygen atoms in total. The van der Waals surface area contributed by atoms with Gasteiger partial charge in [-0.2, -0.15) is 0 Å². The topological polar surface area (TPSA) is 47.3 Å². The highest BCUT2D eigenvalue weighted by Crippen LogP contribution is 2.23. The first-order chi connectivity index (χ1) is 8.34. The van der Waals surface area contributed by atoms with Crippen molar-refractivity contribution in [2.24, 2.45) is 0 Å². The predicted molar refractivity (Wildman–Crippen MR) is 70.7 cm³/mol. The third-order valence-corrected chi connectivity index (χ3v) is 3.06. The summed E-state index contributed by atoms with van der Waals surface area (Å²) in [5.41, 5.74) is 2.95. The van der Waals surface area contributed by atoms with Crippen LogP contribution in [0.1, 0.15) is 5.56 Å². The molecule has 0 aliphatic heterocycles. The highest BCUT2D eigenvalue weighted by Gasteiger charge is 2.16. The van der Waals surface area contributed by atoms with Crippen LogP contribution in [0.5, 0.6) is 0 Å². The number of rotatable bonds is 0. The molecule has 88 valence electrons. The maximum Gasteiger partial charge on any atom is 0.313 e. The van der Waals surface area contributed by atoms with Crippen LogP contribution in [0.3, 0.4) is 0 Å². The van der Waals surface area contributed by atoms with Gasteiger partial charge in [0.2, 0.25) is 5.65 Å². The molecule has 0 spiro atoms. The third kappa shape index (κ3) is 1.23. The van der Waals surface area contributed by atoms with E-state index in [1.54, 1.807) is 16.8 Å². The largest absolute Gasteiger partial charge is 0.313 e. The molecule has 0 amide bonds. The standard InChI is InChI=1S/C13H7N3O.ClH/c17-13-12-14-5-6-16(12)10-7-8-3-1-2-4-9(8)11(10)15-13;/h1-7H;1H. The van der Waals surface area contributed by atoms with Crippen LogP contribution < -0.4 is 10.9 Å². The predicted octanol–water partition coefficient (Wildman–Crippen LogP) is 1.04. The quantitative estimate of drug-likeness (QED) is 0.473. The first-order valence-corrected chi connectivity index (χ1v) is 5.33. The van der Waals surface area contributed by atoms with Crippen LogP contribution in [0, 0.1) is 0 Å². The maximum atomic E-state index is 11.8.